The summed E-state index contributed by atoms with van der Waals surface area (Å²) in [6, 6.07) is 4.42. The van der Waals surface area contributed by atoms with Crippen LogP contribution in [0.4, 0.5) is 23.2 Å². The Morgan fingerprint density at radius 2 is 1.94 bits per heavy atom. The highest BCUT2D eigenvalue weighted by Crippen LogP contribution is 2.27. The number of hydrogen-bond donors (Lipinski definition) is 0. The van der Waals surface area contributed by atoms with Crippen molar-refractivity contribution >= 4 is 5.69 Å². The summed E-state index contributed by atoms with van der Waals surface area (Å²) < 4.78 is 50.3. The van der Waals surface area contributed by atoms with Crippen molar-refractivity contribution in [3.8, 4) is 6.07 Å². The Kier molecular flexibility index (Phi) is 4.17. The van der Waals surface area contributed by atoms with Crippen LogP contribution in [0.15, 0.2) is 18.2 Å². The number of nitrogens with zero attached hydrogens (tertiary/aromatic N) is 2. The third-order valence-corrected chi connectivity index (χ3v) is 2.36. The average Bonchev–Trinajstić information content (AvgIpc) is 2.24. The number of alkyl halides is 3. The van der Waals surface area contributed by atoms with Gasteiger partial charge in [-0.05, 0) is 32.0 Å². The molecule has 0 fully saturated rings. The minimum Gasteiger partial charge on any atom is -0.359 e. The first-order valence-electron chi connectivity index (χ1n) is 5.27. The van der Waals surface area contributed by atoms with Crippen molar-refractivity contribution in [2.24, 2.45) is 0 Å². The molecule has 0 amide bonds. The Morgan fingerprint density at radius 3 is 2.39 bits per heavy atom. The van der Waals surface area contributed by atoms with E-state index in [0.29, 0.717) is 0 Å². The van der Waals surface area contributed by atoms with Crippen molar-refractivity contribution in [2.45, 2.75) is 26.1 Å². The molecule has 0 aliphatic heterocycles. The molecule has 0 spiro atoms. The van der Waals surface area contributed by atoms with Crippen LogP contribution in [0.25, 0.3) is 0 Å². The normalized spacial score (nSPS) is 11.4. The molecule has 0 radical (unpaired) electrons. The molecule has 1 aromatic carbocycles. The van der Waals surface area contributed by atoms with Gasteiger partial charge in [0.25, 0.3) is 0 Å². The second-order valence-electron chi connectivity index (χ2n) is 4.11. The maximum Gasteiger partial charge on any atom is 0.405 e. The quantitative estimate of drug-likeness (QED) is 0.778. The van der Waals surface area contributed by atoms with E-state index in [9.17, 15) is 17.6 Å². The van der Waals surface area contributed by atoms with E-state index in [4.69, 9.17) is 5.26 Å². The van der Waals surface area contributed by atoms with Crippen LogP contribution in [0.5, 0.6) is 0 Å². The van der Waals surface area contributed by atoms with Gasteiger partial charge < -0.3 is 4.90 Å². The number of halogens is 4. The average molecular weight is 260 g/mol. The molecule has 0 heterocycles. The lowest BCUT2D eigenvalue weighted by Gasteiger charge is -2.30. The highest BCUT2D eigenvalue weighted by molar-refractivity contribution is 5.60. The molecule has 0 bridgehead atoms. The molecule has 0 aliphatic carbocycles. The molecule has 0 unspecified atom stereocenters. The van der Waals surface area contributed by atoms with Crippen LogP contribution in [-0.2, 0) is 0 Å². The SMILES string of the molecule is CC(C)N(CC(F)(F)F)c1ccc(F)cc1C#N. The highest BCUT2D eigenvalue weighted by atomic mass is 19.4. The monoisotopic (exact) mass is 260 g/mol. The van der Waals surface area contributed by atoms with Crippen LogP contribution in [0.1, 0.15) is 19.4 Å². The van der Waals surface area contributed by atoms with Crippen molar-refractivity contribution in [3.63, 3.8) is 0 Å². The molecule has 0 saturated carbocycles. The standard InChI is InChI=1S/C12H12F4N2/c1-8(2)18(7-12(14,15)16)11-4-3-10(13)5-9(11)6-17/h3-5,8H,7H2,1-2H3. The second-order valence-corrected chi connectivity index (χ2v) is 4.11. The first-order valence-corrected chi connectivity index (χ1v) is 5.27. The van der Waals surface area contributed by atoms with E-state index in [1.54, 1.807) is 19.9 Å². The zero-order valence-electron chi connectivity index (χ0n) is 9.92. The van der Waals surface area contributed by atoms with Gasteiger partial charge in [-0.1, -0.05) is 0 Å². The van der Waals surface area contributed by atoms with Crippen molar-refractivity contribution in [2.75, 3.05) is 11.4 Å². The third-order valence-electron chi connectivity index (χ3n) is 2.36. The van der Waals surface area contributed by atoms with Gasteiger partial charge in [-0.15, -0.1) is 0 Å². The van der Waals surface area contributed by atoms with Gasteiger partial charge in [-0.25, -0.2) is 4.39 Å². The Labute approximate surface area is 102 Å². The minimum atomic E-state index is -4.38. The summed E-state index contributed by atoms with van der Waals surface area (Å²) in [5, 5.41) is 8.85. The Balaban J connectivity index is 3.19. The molecular formula is C12H12F4N2. The van der Waals surface area contributed by atoms with Gasteiger partial charge in [0.1, 0.15) is 18.4 Å². The van der Waals surface area contributed by atoms with Crippen LogP contribution in [0, 0.1) is 17.1 Å². The van der Waals surface area contributed by atoms with E-state index in [1.807, 2.05) is 0 Å². The second kappa shape index (κ2) is 5.25. The van der Waals surface area contributed by atoms with Crippen LogP contribution in [0.2, 0.25) is 0 Å². The fourth-order valence-electron chi connectivity index (χ4n) is 1.59. The fourth-order valence-corrected chi connectivity index (χ4v) is 1.59. The van der Waals surface area contributed by atoms with E-state index >= 15 is 0 Å². The van der Waals surface area contributed by atoms with Gasteiger partial charge in [0.15, 0.2) is 0 Å². The topological polar surface area (TPSA) is 27.0 Å². The van der Waals surface area contributed by atoms with Gasteiger partial charge in [0, 0.05) is 6.04 Å². The van der Waals surface area contributed by atoms with Crippen molar-refractivity contribution in [3.05, 3.63) is 29.6 Å². The summed E-state index contributed by atoms with van der Waals surface area (Å²) >= 11 is 0. The molecule has 0 aliphatic rings. The molecule has 6 heteroatoms. The van der Waals surface area contributed by atoms with E-state index in [1.165, 1.54) is 6.07 Å². The smallest absolute Gasteiger partial charge is 0.359 e. The molecule has 0 atom stereocenters. The van der Waals surface area contributed by atoms with Crippen molar-refractivity contribution in [1.29, 1.82) is 5.26 Å². The molecule has 2 nitrogen and oxygen atoms in total. The fraction of sp³-hybridized carbons (Fsp3) is 0.417. The molecule has 0 saturated heterocycles. The lowest BCUT2D eigenvalue weighted by molar-refractivity contribution is -0.120. The summed E-state index contributed by atoms with van der Waals surface area (Å²) in [6.45, 7) is 1.98. The maximum atomic E-state index is 12.9. The van der Waals surface area contributed by atoms with Gasteiger partial charge in [-0.2, -0.15) is 18.4 Å². The van der Waals surface area contributed by atoms with Gasteiger partial charge in [-0.3, -0.25) is 0 Å². The third kappa shape index (κ3) is 3.62. The van der Waals surface area contributed by atoms with Crippen LogP contribution < -0.4 is 4.90 Å². The van der Waals surface area contributed by atoms with Crippen molar-refractivity contribution in [1.82, 2.24) is 0 Å². The maximum absolute atomic E-state index is 12.9. The molecule has 98 valence electrons. The largest absolute Gasteiger partial charge is 0.405 e. The summed E-state index contributed by atoms with van der Waals surface area (Å²) in [7, 11) is 0. The summed E-state index contributed by atoms with van der Waals surface area (Å²) in [4.78, 5) is 1.03. The number of anilines is 1. The molecule has 1 aromatic rings. The van der Waals surface area contributed by atoms with Crippen molar-refractivity contribution < 1.29 is 17.6 Å². The van der Waals surface area contributed by atoms with Gasteiger partial charge in [0.2, 0.25) is 0 Å². The van der Waals surface area contributed by atoms with Gasteiger partial charge >= 0.3 is 6.18 Å². The zero-order chi connectivity index (χ0) is 13.9. The molecule has 1 rings (SSSR count). The van der Waals surface area contributed by atoms with Crippen LogP contribution >= 0.6 is 0 Å². The van der Waals surface area contributed by atoms with Crippen LogP contribution in [-0.4, -0.2) is 18.8 Å². The van der Waals surface area contributed by atoms with E-state index < -0.39 is 24.6 Å². The number of hydrogen-bond acceptors (Lipinski definition) is 2. The van der Waals surface area contributed by atoms with Gasteiger partial charge in [0.05, 0.1) is 11.3 Å². The van der Waals surface area contributed by atoms with E-state index in [-0.39, 0.29) is 11.3 Å². The summed E-state index contributed by atoms with van der Waals surface area (Å²) in [6.07, 6.45) is -4.38. The highest BCUT2D eigenvalue weighted by Gasteiger charge is 2.32. The predicted octanol–water partition coefficient (Wildman–Crippen LogP) is 3.47. The zero-order valence-corrected chi connectivity index (χ0v) is 9.92. The number of nitriles is 1. The number of rotatable bonds is 3. The Bertz CT molecular complexity index is 460. The lowest BCUT2D eigenvalue weighted by atomic mass is 10.1. The first-order chi connectivity index (χ1) is 8.24. The van der Waals surface area contributed by atoms with Crippen LogP contribution in [0.3, 0.4) is 0 Å². The molecular weight excluding hydrogens is 248 g/mol. The molecule has 0 N–H and O–H groups in total. The van der Waals surface area contributed by atoms with E-state index in [0.717, 1.165) is 17.0 Å². The van der Waals surface area contributed by atoms with E-state index in [2.05, 4.69) is 0 Å². The lowest BCUT2D eigenvalue weighted by Crippen LogP contribution is -2.39. The predicted molar refractivity (Wildman–Crippen MR) is 59.7 cm³/mol. The minimum absolute atomic E-state index is 0.0891. The number of benzene rings is 1. The molecule has 0 aromatic heterocycles. The Morgan fingerprint density at radius 1 is 1.33 bits per heavy atom. The summed E-state index contributed by atoms with van der Waals surface area (Å²) in [5.74, 6) is -0.647. The first kappa shape index (κ1) is 14.3. The molecule has 18 heavy (non-hydrogen) atoms. The Hall–Kier alpha value is -1.77. The summed E-state index contributed by atoms with van der Waals surface area (Å²) in [5.41, 5.74) is -0.0147.